The second-order valence-electron chi connectivity index (χ2n) is 5.39. The molecule has 2 aromatic carbocycles. The Hall–Kier alpha value is -3.88. The number of hydrogen-bond acceptors (Lipinski definition) is 6. The molecule has 0 aliphatic rings. The first-order chi connectivity index (χ1) is 13.5. The number of nitro benzene ring substituents is 1. The van der Waals surface area contributed by atoms with Crippen molar-refractivity contribution in [1.82, 2.24) is 10.9 Å². The summed E-state index contributed by atoms with van der Waals surface area (Å²) in [4.78, 5) is 33.6. The highest BCUT2D eigenvalue weighted by Crippen LogP contribution is 2.26. The summed E-state index contributed by atoms with van der Waals surface area (Å²) >= 11 is 0. The minimum absolute atomic E-state index is 0.0419. The standard InChI is InChI=1S/C19H19N3O6/c1-2-27-16-5-3-4-6-17(16)28-13-19(24)21-20-18(23)12-9-14-7-10-15(11-8-14)22(25)26/h3-12H,2,13H2,1H3,(H,20,23)(H,21,24)/b12-9+. The van der Waals surface area contributed by atoms with Crippen LogP contribution in [0.3, 0.4) is 0 Å². The summed E-state index contributed by atoms with van der Waals surface area (Å²) in [6, 6.07) is 12.6. The van der Waals surface area contributed by atoms with Crippen LogP contribution >= 0.6 is 0 Å². The van der Waals surface area contributed by atoms with Crippen LogP contribution in [0.15, 0.2) is 54.6 Å². The summed E-state index contributed by atoms with van der Waals surface area (Å²) in [6.45, 7) is 1.99. The number of rotatable bonds is 8. The Kier molecular flexibility index (Phi) is 7.53. The minimum Gasteiger partial charge on any atom is -0.490 e. The van der Waals surface area contributed by atoms with Crippen molar-refractivity contribution >= 4 is 23.6 Å². The Labute approximate surface area is 161 Å². The van der Waals surface area contributed by atoms with E-state index in [-0.39, 0.29) is 12.3 Å². The van der Waals surface area contributed by atoms with E-state index < -0.39 is 16.7 Å². The maximum absolute atomic E-state index is 11.8. The molecule has 0 aliphatic carbocycles. The van der Waals surface area contributed by atoms with Crippen LogP contribution in [0.1, 0.15) is 12.5 Å². The summed E-state index contributed by atoms with van der Waals surface area (Å²) in [5.74, 6) is -0.179. The van der Waals surface area contributed by atoms with Crippen LogP contribution in [-0.4, -0.2) is 30.0 Å². The number of non-ortho nitro benzene ring substituents is 1. The highest BCUT2D eigenvalue weighted by molar-refractivity contribution is 5.93. The number of nitrogens with zero attached hydrogens (tertiary/aromatic N) is 1. The van der Waals surface area contributed by atoms with Crippen molar-refractivity contribution in [3.05, 3.63) is 70.3 Å². The second-order valence-corrected chi connectivity index (χ2v) is 5.39. The largest absolute Gasteiger partial charge is 0.490 e. The molecule has 146 valence electrons. The zero-order valence-corrected chi connectivity index (χ0v) is 15.1. The SMILES string of the molecule is CCOc1ccccc1OCC(=O)NNC(=O)/C=C/c1ccc([N+](=O)[O-])cc1. The average Bonchev–Trinajstić information content (AvgIpc) is 2.70. The summed E-state index contributed by atoms with van der Waals surface area (Å²) in [6.07, 6.45) is 2.65. The van der Waals surface area contributed by atoms with Gasteiger partial charge in [0.25, 0.3) is 17.5 Å². The van der Waals surface area contributed by atoms with Gasteiger partial charge < -0.3 is 9.47 Å². The van der Waals surface area contributed by atoms with Gasteiger partial charge in [-0.2, -0.15) is 0 Å². The molecule has 2 aromatic rings. The summed E-state index contributed by atoms with van der Waals surface area (Å²) in [5, 5.41) is 10.6. The van der Waals surface area contributed by atoms with Crippen LogP contribution in [0.4, 0.5) is 5.69 Å². The van der Waals surface area contributed by atoms with E-state index in [0.29, 0.717) is 23.7 Å². The van der Waals surface area contributed by atoms with Gasteiger partial charge in [0.05, 0.1) is 11.5 Å². The Bertz CT molecular complexity index is 864. The molecule has 9 heteroatoms. The van der Waals surface area contributed by atoms with Crippen LogP contribution in [0.2, 0.25) is 0 Å². The van der Waals surface area contributed by atoms with Crippen LogP contribution < -0.4 is 20.3 Å². The highest BCUT2D eigenvalue weighted by atomic mass is 16.6. The predicted octanol–water partition coefficient (Wildman–Crippen LogP) is 2.23. The van der Waals surface area contributed by atoms with Gasteiger partial charge in [0.2, 0.25) is 0 Å². The number of ether oxygens (including phenoxy) is 2. The molecular formula is C19H19N3O6. The molecule has 28 heavy (non-hydrogen) atoms. The third-order valence-electron chi connectivity index (χ3n) is 3.36. The quantitative estimate of drug-likeness (QED) is 0.408. The van der Waals surface area contributed by atoms with Crippen molar-refractivity contribution in [2.24, 2.45) is 0 Å². The maximum atomic E-state index is 11.8. The molecule has 0 heterocycles. The number of benzene rings is 2. The van der Waals surface area contributed by atoms with Crippen molar-refractivity contribution in [1.29, 1.82) is 0 Å². The van der Waals surface area contributed by atoms with E-state index in [1.54, 1.807) is 24.3 Å². The van der Waals surface area contributed by atoms with Crippen molar-refractivity contribution in [3.63, 3.8) is 0 Å². The molecule has 0 aromatic heterocycles. The van der Waals surface area contributed by atoms with Gasteiger partial charge in [-0.25, -0.2) is 0 Å². The number of hydrogen-bond donors (Lipinski definition) is 2. The van der Waals surface area contributed by atoms with Gasteiger partial charge in [-0.15, -0.1) is 0 Å². The van der Waals surface area contributed by atoms with E-state index >= 15 is 0 Å². The zero-order valence-electron chi connectivity index (χ0n) is 15.1. The first-order valence-electron chi connectivity index (χ1n) is 8.35. The molecule has 9 nitrogen and oxygen atoms in total. The van der Waals surface area contributed by atoms with Gasteiger partial charge >= 0.3 is 0 Å². The molecule has 2 amide bonds. The summed E-state index contributed by atoms with van der Waals surface area (Å²) < 4.78 is 10.8. The summed E-state index contributed by atoms with van der Waals surface area (Å²) in [7, 11) is 0. The number of amides is 2. The Morgan fingerprint density at radius 2 is 1.68 bits per heavy atom. The first kappa shape index (κ1) is 20.4. The zero-order chi connectivity index (χ0) is 20.4. The van der Waals surface area contributed by atoms with Crippen molar-refractivity contribution < 1.29 is 24.0 Å². The fourth-order valence-corrected chi connectivity index (χ4v) is 2.08. The predicted molar refractivity (Wildman–Crippen MR) is 102 cm³/mol. The molecule has 0 saturated carbocycles. The number of carbonyl (C=O) groups excluding carboxylic acids is 2. The Morgan fingerprint density at radius 3 is 2.29 bits per heavy atom. The molecule has 0 saturated heterocycles. The van der Waals surface area contributed by atoms with Crippen LogP contribution in [0, 0.1) is 10.1 Å². The fourth-order valence-electron chi connectivity index (χ4n) is 2.08. The van der Waals surface area contributed by atoms with Gasteiger partial charge in [-0.05, 0) is 42.8 Å². The molecule has 0 atom stereocenters. The fraction of sp³-hybridized carbons (Fsp3) is 0.158. The average molecular weight is 385 g/mol. The highest BCUT2D eigenvalue weighted by Gasteiger charge is 2.08. The maximum Gasteiger partial charge on any atom is 0.276 e. The van der Waals surface area contributed by atoms with Crippen molar-refractivity contribution in [3.8, 4) is 11.5 Å². The molecule has 2 N–H and O–H groups in total. The minimum atomic E-state index is -0.568. The summed E-state index contributed by atoms with van der Waals surface area (Å²) in [5.41, 5.74) is 4.99. The molecule has 2 rings (SSSR count). The Morgan fingerprint density at radius 1 is 1.04 bits per heavy atom. The third-order valence-corrected chi connectivity index (χ3v) is 3.36. The lowest BCUT2D eigenvalue weighted by atomic mass is 10.2. The molecule has 0 radical (unpaired) electrons. The lowest BCUT2D eigenvalue weighted by Crippen LogP contribution is -2.43. The number of hydrazine groups is 1. The van der Waals surface area contributed by atoms with E-state index in [1.807, 2.05) is 6.92 Å². The number of carbonyl (C=O) groups is 2. The number of nitro groups is 1. The molecule has 0 fully saturated rings. The molecule has 0 unspecified atom stereocenters. The lowest BCUT2D eigenvalue weighted by molar-refractivity contribution is -0.384. The smallest absolute Gasteiger partial charge is 0.276 e. The first-order valence-corrected chi connectivity index (χ1v) is 8.35. The van der Waals surface area contributed by atoms with Gasteiger partial charge in [0, 0.05) is 18.2 Å². The van der Waals surface area contributed by atoms with E-state index in [9.17, 15) is 19.7 Å². The van der Waals surface area contributed by atoms with E-state index in [0.717, 1.165) is 0 Å². The van der Waals surface area contributed by atoms with E-state index in [1.165, 1.54) is 36.4 Å². The molecule has 0 bridgehead atoms. The molecule has 0 aliphatic heterocycles. The van der Waals surface area contributed by atoms with E-state index in [4.69, 9.17) is 9.47 Å². The normalized spacial score (nSPS) is 10.3. The number of para-hydroxylation sites is 2. The van der Waals surface area contributed by atoms with E-state index in [2.05, 4.69) is 10.9 Å². The lowest BCUT2D eigenvalue weighted by Gasteiger charge is -2.11. The Balaban J connectivity index is 1.77. The molecular weight excluding hydrogens is 366 g/mol. The van der Waals surface area contributed by atoms with Gasteiger partial charge in [0.15, 0.2) is 18.1 Å². The molecule has 0 spiro atoms. The monoisotopic (exact) mass is 385 g/mol. The van der Waals surface area contributed by atoms with Crippen molar-refractivity contribution in [2.75, 3.05) is 13.2 Å². The van der Waals surface area contributed by atoms with Crippen molar-refractivity contribution in [2.45, 2.75) is 6.92 Å². The van der Waals surface area contributed by atoms with Crippen LogP contribution in [0.25, 0.3) is 6.08 Å². The number of nitrogens with one attached hydrogen (secondary N) is 2. The van der Waals surface area contributed by atoms with Crippen LogP contribution in [0.5, 0.6) is 11.5 Å². The third kappa shape index (κ3) is 6.45. The topological polar surface area (TPSA) is 120 Å². The second kappa shape index (κ2) is 10.3. The van der Waals surface area contributed by atoms with Crippen LogP contribution in [-0.2, 0) is 9.59 Å². The van der Waals surface area contributed by atoms with Gasteiger partial charge in [-0.3, -0.25) is 30.6 Å². The van der Waals surface area contributed by atoms with Gasteiger partial charge in [-0.1, -0.05) is 12.1 Å². The van der Waals surface area contributed by atoms with Gasteiger partial charge in [0.1, 0.15) is 0 Å².